The molecule has 0 radical (unpaired) electrons. The van der Waals surface area contributed by atoms with E-state index in [1.165, 1.54) is 22.3 Å². The summed E-state index contributed by atoms with van der Waals surface area (Å²) in [7, 11) is 0. The number of primary amides is 1. The van der Waals surface area contributed by atoms with Gasteiger partial charge in [-0.3, -0.25) is 9.69 Å². The first-order valence-electron chi connectivity index (χ1n) is 12.5. The van der Waals surface area contributed by atoms with Gasteiger partial charge in [0.2, 0.25) is 5.91 Å². The summed E-state index contributed by atoms with van der Waals surface area (Å²) in [6.07, 6.45) is 0.889. The lowest BCUT2D eigenvalue weighted by Gasteiger charge is -2.28. The van der Waals surface area contributed by atoms with E-state index in [1.54, 1.807) is 24.3 Å². The zero-order chi connectivity index (χ0) is 25.2. The highest BCUT2D eigenvalue weighted by molar-refractivity contribution is 5.92. The molecule has 4 aromatic rings. The van der Waals surface area contributed by atoms with Crippen molar-refractivity contribution in [1.29, 1.82) is 0 Å². The van der Waals surface area contributed by atoms with Gasteiger partial charge in [0, 0.05) is 31.1 Å². The van der Waals surface area contributed by atoms with Gasteiger partial charge in [-0.1, -0.05) is 90.5 Å². The van der Waals surface area contributed by atoms with E-state index in [4.69, 9.17) is 10.5 Å². The first-order valence-corrected chi connectivity index (χ1v) is 12.5. The van der Waals surface area contributed by atoms with Crippen LogP contribution in [0, 0.1) is 6.92 Å². The van der Waals surface area contributed by atoms with Gasteiger partial charge in [-0.2, -0.15) is 0 Å². The SMILES string of the molecule is Cc1ccc(CN(CCCOc2ccc(C(N)=O)cc2)CC(c2ccccc2)c2ccccc2)cc1. The molecule has 0 aromatic heterocycles. The molecule has 36 heavy (non-hydrogen) atoms. The molecule has 0 spiro atoms. The van der Waals surface area contributed by atoms with Crippen LogP contribution in [0.1, 0.15) is 45.0 Å². The van der Waals surface area contributed by atoms with E-state index < -0.39 is 5.91 Å². The Morgan fingerprint density at radius 2 is 1.39 bits per heavy atom. The maximum absolute atomic E-state index is 11.3. The predicted molar refractivity (Wildman–Crippen MR) is 146 cm³/mol. The first-order chi connectivity index (χ1) is 17.6. The topological polar surface area (TPSA) is 55.6 Å². The summed E-state index contributed by atoms with van der Waals surface area (Å²) in [4.78, 5) is 13.8. The molecular weight excluding hydrogens is 444 g/mol. The molecule has 0 fully saturated rings. The van der Waals surface area contributed by atoms with Crippen molar-refractivity contribution >= 4 is 5.91 Å². The average molecular weight is 479 g/mol. The van der Waals surface area contributed by atoms with Crippen LogP contribution in [-0.2, 0) is 6.54 Å². The van der Waals surface area contributed by atoms with Crippen LogP contribution in [-0.4, -0.2) is 30.5 Å². The molecule has 4 aromatic carbocycles. The highest BCUT2D eigenvalue weighted by Crippen LogP contribution is 2.26. The number of nitrogens with two attached hydrogens (primary N) is 1. The predicted octanol–water partition coefficient (Wildman–Crippen LogP) is 6.20. The van der Waals surface area contributed by atoms with Crippen molar-refractivity contribution in [3.63, 3.8) is 0 Å². The number of carbonyl (C=O) groups excluding carboxylic acids is 1. The van der Waals surface area contributed by atoms with E-state index in [0.717, 1.165) is 31.8 Å². The fourth-order valence-electron chi connectivity index (χ4n) is 4.41. The highest BCUT2D eigenvalue weighted by atomic mass is 16.5. The zero-order valence-corrected chi connectivity index (χ0v) is 20.8. The smallest absolute Gasteiger partial charge is 0.248 e. The molecule has 0 saturated carbocycles. The maximum Gasteiger partial charge on any atom is 0.248 e. The summed E-state index contributed by atoms with van der Waals surface area (Å²) in [5, 5.41) is 0. The highest BCUT2D eigenvalue weighted by Gasteiger charge is 2.18. The molecule has 1 amide bonds. The first kappa shape index (κ1) is 25.2. The number of hydrogen-bond donors (Lipinski definition) is 1. The fourth-order valence-corrected chi connectivity index (χ4v) is 4.41. The van der Waals surface area contributed by atoms with Gasteiger partial charge in [0.05, 0.1) is 6.61 Å². The summed E-state index contributed by atoms with van der Waals surface area (Å²) in [5.74, 6) is 0.594. The molecule has 0 saturated heterocycles. The standard InChI is InChI=1S/C32H34N2O2/c1-25-13-15-26(16-14-25)23-34(21-8-22-36-30-19-17-29(18-20-30)32(33)35)24-31(27-9-4-2-5-10-27)28-11-6-3-7-12-28/h2-7,9-20,31H,8,21-24H2,1H3,(H2,33,35). The van der Waals surface area contributed by atoms with Crippen molar-refractivity contribution in [1.82, 2.24) is 4.90 Å². The van der Waals surface area contributed by atoms with Crippen LogP contribution < -0.4 is 10.5 Å². The Hall–Kier alpha value is -3.89. The van der Waals surface area contributed by atoms with E-state index in [-0.39, 0.29) is 5.92 Å². The number of amides is 1. The zero-order valence-electron chi connectivity index (χ0n) is 20.8. The summed E-state index contributed by atoms with van der Waals surface area (Å²) >= 11 is 0. The largest absolute Gasteiger partial charge is 0.494 e. The number of rotatable bonds is 12. The average Bonchev–Trinajstić information content (AvgIpc) is 2.92. The minimum atomic E-state index is -0.431. The third-order valence-electron chi connectivity index (χ3n) is 6.40. The molecule has 0 aliphatic carbocycles. The van der Waals surface area contributed by atoms with Crippen LogP contribution in [0.25, 0.3) is 0 Å². The van der Waals surface area contributed by atoms with E-state index in [2.05, 4.69) is 96.8 Å². The van der Waals surface area contributed by atoms with Crippen molar-refractivity contribution in [3.8, 4) is 5.75 Å². The van der Waals surface area contributed by atoms with Gasteiger partial charge in [0.1, 0.15) is 5.75 Å². The van der Waals surface area contributed by atoms with Crippen molar-refractivity contribution in [2.45, 2.75) is 25.8 Å². The molecule has 4 heteroatoms. The quantitative estimate of drug-likeness (QED) is 0.247. The lowest BCUT2D eigenvalue weighted by atomic mass is 9.90. The molecule has 0 bridgehead atoms. The molecular formula is C32H34N2O2. The fraction of sp³-hybridized carbons (Fsp3) is 0.219. The molecule has 4 rings (SSSR count). The van der Waals surface area contributed by atoms with Gasteiger partial charge in [-0.15, -0.1) is 0 Å². The van der Waals surface area contributed by atoms with Gasteiger partial charge in [0.15, 0.2) is 0 Å². The Balaban J connectivity index is 1.46. The Kier molecular flexibility index (Phi) is 8.90. The lowest BCUT2D eigenvalue weighted by Crippen LogP contribution is -2.30. The Labute approximate surface area is 214 Å². The number of ether oxygens (including phenoxy) is 1. The number of benzene rings is 4. The second kappa shape index (κ2) is 12.7. The van der Waals surface area contributed by atoms with Crippen LogP contribution in [0.3, 0.4) is 0 Å². The van der Waals surface area contributed by atoms with Crippen molar-refractivity contribution in [2.75, 3.05) is 19.7 Å². The minimum absolute atomic E-state index is 0.278. The molecule has 0 heterocycles. The van der Waals surface area contributed by atoms with Gasteiger partial charge >= 0.3 is 0 Å². The van der Waals surface area contributed by atoms with E-state index >= 15 is 0 Å². The van der Waals surface area contributed by atoms with Crippen molar-refractivity contribution in [3.05, 3.63) is 137 Å². The lowest BCUT2D eigenvalue weighted by molar-refractivity contribution is 0.1000. The minimum Gasteiger partial charge on any atom is -0.494 e. The molecule has 0 aliphatic heterocycles. The normalized spacial score (nSPS) is 11.1. The number of aryl methyl sites for hydroxylation is 1. The molecule has 4 nitrogen and oxygen atoms in total. The van der Waals surface area contributed by atoms with Gasteiger partial charge < -0.3 is 10.5 Å². The van der Waals surface area contributed by atoms with E-state index in [0.29, 0.717) is 12.2 Å². The number of carbonyl (C=O) groups is 1. The summed E-state index contributed by atoms with van der Waals surface area (Å²) in [6, 6.07) is 37.3. The second-order valence-corrected chi connectivity index (χ2v) is 9.19. The molecule has 184 valence electrons. The molecule has 0 atom stereocenters. The molecule has 0 unspecified atom stereocenters. The Morgan fingerprint density at radius 1 is 0.806 bits per heavy atom. The molecule has 0 aliphatic rings. The van der Waals surface area contributed by atoms with Crippen LogP contribution in [0.2, 0.25) is 0 Å². The number of hydrogen-bond acceptors (Lipinski definition) is 3. The van der Waals surface area contributed by atoms with Crippen LogP contribution in [0.5, 0.6) is 5.75 Å². The van der Waals surface area contributed by atoms with Crippen LogP contribution in [0.15, 0.2) is 109 Å². The third kappa shape index (κ3) is 7.30. The van der Waals surface area contributed by atoms with Gasteiger partial charge in [-0.25, -0.2) is 0 Å². The van der Waals surface area contributed by atoms with Gasteiger partial charge in [0.25, 0.3) is 0 Å². The Bertz CT molecular complexity index is 1170. The Morgan fingerprint density at radius 3 is 1.94 bits per heavy atom. The van der Waals surface area contributed by atoms with E-state index in [9.17, 15) is 4.79 Å². The summed E-state index contributed by atoms with van der Waals surface area (Å²) < 4.78 is 5.95. The number of nitrogens with zero attached hydrogens (tertiary/aromatic N) is 1. The monoisotopic (exact) mass is 478 g/mol. The summed E-state index contributed by atoms with van der Waals surface area (Å²) in [5.41, 5.74) is 11.0. The van der Waals surface area contributed by atoms with Gasteiger partial charge in [-0.05, 0) is 54.3 Å². The third-order valence-corrected chi connectivity index (χ3v) is 6.40. The van der Waals surface area contributed by atoms with Crippen molar-refractivity contribution < 1.29 is 9.53 Å². The van der Waals surface area contributed by atoms with E-state index in [1.807, 2.05) is 0 Å². The van der Waals surface area contributed by atoms with Crippen molar-refractivity contribution in [2.24, 2.45) is 5.73 Å². The summed E-state index contributed by atoms with van der Waals surface area (Å²) in [6.45, 7) is 5.42. The van der Waals surface area contributed by atoms with Crippen LogP contribution >= 0.6 is 0 Å². The molecule has 2 N–H and O–H groups in total. The second-order valence-electron chi connectivity index (χ2n) is 9.19. The van der Waals surface area contributed by atoms with Crippen LogP contribution in [0.4, 0.5) is 0 Å². The maximum atomic E-state index is 11.3.